The minimum absolute atomic E-state index is 0.0740. The van der Waals surface area contributed by atoms with Gasteiger partial charge in [0.2, 0.25) is 0 Å². The van der Waals surface area contributed by atoms with Crippen LogP contribution in [0.5, 0.6) is 0 Å². The van der Waals surface area contributed by atoms with Crippen LogP contribution in [0.2, 0.25) is 0 Å². The van der Waals surface area contributed by atoms with E-state index in [1.54, 1.807) is 6.26 Å². The molecular formula is C24H36O6. The summed E-state index contributed by atoms with van der Waals surface area (Å²) >= 11 is 0. The molecular weight excluding hydrogens is 384 g/mol. The zero-order valence-electron chi connectivity index (χ0n) is 19.2. The maximum atomic E-state index is 12.7. The number of carbonyl (C=O) groups excluding carboxylic acids is 3. The van der Waals surface area contributed by atoms with Gasteiger partial charge in [-0.15, -0.1) is 0 Å². The van der Waals surface area contributed by atoms with Crippen molar-refractivity contribution in [3.63, 3.8) is 0 Å². The van der Waals surface area contributed by atoms with E-state index in [1.165, 1.54) is 20.3 Å². The van der Waals surface area contributed by atoms with Gasteiger partial charge in [0.15, 0.2) is 0 Å². The molecule has 2 fully saturated rings. The van der Waals surface area contributed by atoms with Crippen LogP contribution in [0.15, 0.2) is 11.8 Å². The molecule has 0 aromatic heterocycles. The van der Waals surface area contributed by atoms with Gasteiger partial charge in [-0.2, -0.15) is 0 Å². The Balaban J connectivity index is 2.00. The number of carbonyl (C=O) groups is 3. The molecule has 2 saturated carbocycles. The predicted octanol–water partition coefficient (Wildman–Crippen LogP) is 4.42. The Morgan fingerprint density at radius 1 is 1.10 bits per heavy atom. The van der Waals surface area contributed by atoms with Crippen molar-refractivity contribution in [2.75, 3.05) is 6.61 Å². The molecule has 0 spiro atoms. The summed E-state index contributed by atoms with van der Waals surface area (Å²) in [5, 5.41) is 0. The predicted molar refractivity (Wildman–Crippen MR) is 111 cm³/mol. The van der Waals surface area contributed by atoms with Crippen LogP contribution in [0.4, 0.5) is 0 Å². The van der Waals surface area contributed by atoms with Crippen molar-refractivity contribution in [3.8, 4) is 0 Å². The molecule has 168 valence electrons. The summed E-state index contributed by atoms with van der Waals surface area (Å²) in [6.45, 7) is 11.8. The Bertz CT molecular complexity index is 740. The molecule has 6 heteroatoms. The number of hydrogen-bond acceptors (Lipinski definition) is 6. The van der Waals surface area contributed by atoms with Crippen LogP contribution < -0.4 is 0 Å². The summed E-state index contributed by atoms with van der Waals surface area (Å²) in [6, 6.07) is 0. The highest BCUT2D eigenvalue weighted by Gasteiger charge is 2.63. The second-order valence-corrected chi connectivity index (χ2v) is 10.6. The molecule has 2 aliphatic carbocycles. The topological polar surface area (TPSA) is 78.9 Å². The van der Waals surface area contributed by atoms with Crippen LogP contribution in [0, 0.1) is 34.0 Å². The highest BCUT2D eigenvalue weighted by molar-refractivity contribution is 5.67. The van der Waals surface area contributed by atoms with Crippen molar-refractivity contribution in [1.29, 1.82) is 0 Å². The molecule has 0 radical (unpaired) electrons. The lowest BCUT2D eigenvalue weighted by molar-refractivity contribution is -0.195. The van der Waals surface area contributed by atoms with E-state index < -0.39 is 17.7 Å². The van der Waals surface area contributed by atoms with Gasteiger partial charge in [-0.3, -0.25) is 9.59 Å². The standard InChI is InChI=1S/C24H36O6/c1-15(26)28-13-17-14-29-21(30-16(2)27)20(17)24(6)11-8-18-22(3,4)9-7-10-23(18,5)19(24)12-25/h12,14,18-21H,7-11,13H2,1-6H3. The van der Waals surface area contributed by atoms with Gasteiger partial charge in [-0.25, -0.2) is 0 Å². The SMILES string of the molecule is CC(=O)OCC1=COC(OC(C)=O)C1C1(C)CCC2C(C)(C)CCCC2(C)C1C=O. The fourth-order valence-corrected chi connectivity index (χ4v) is 7.07. The van der Waals surface area contributed by atoms with Crippen molar-refractivity contribution in [3.05, 3.63) is 11.8 Å². The number of rotatable bonds is 5. The van der Waals surface area contributed by atoms with Crippen LogP contribution in [-0.4, -0.2) is 31.1 Å². The molecule has 1 aliphatic heterocycles. The average molecular weight is 421 g/mol. The van der Waals surface area contributed by atoms with E-state index in [1.807, 2.05) is 0 Å². The van der Waals surface area contributed by atoms with Crippen LogP contribution in [0.3, 0.4) is 0 Å². The fraction of sp³-hybridized carbons (Fsp3) is 0.792. The van der Waals surface area contributed by atoms with E-state index in [0.717, 1.165) is 37.5 Å². The Kier molecular flexibility index (Phi) is 6.09. The van der Waals surface area contributed by atoms with E-state index in [-0.39, 0.29) is 35.2 Å². The normalized spacial score (nSPS) is 39.9. The molecule has 3 rings (SSSR count). The zero-order chi connectivity index (χ0) is 22.3. The van der Waals surface area contributed by atoms with E-state index in [4.69, 9.17) is 14.2 Å². The zero-order valence-corrected chi connectivity index (χ0v) is 19.2. The minimum Gasteiger partial charge on any atom is -0.462 e. The summed E-state index contributed by atoms with van der Waals surface area (Å²) < 4.78 is 16.5. The third kappa shape index (κ3) is 3.78. The van der Waals surface area contributed by atoms with Gasteiger partial charge in [0.25, 0.3) is 6.29 Å². The summed E-state index contributed by atoms with van der Waals surface area (Å²) in [6.07, 6.45) is 6.98. The molecule has 6 atom stereocenters. The fourth-order valence-electron chi connectivity index (χ4n) is 7.07. The highest BCUT2D eigenvalue weighted by Crippen LogP contribution is 2.66. The van der Waals surface area contributed by atoms with Crippen LogP contribution in [0.25, 0.3) is 0 Å². The number of esters is 2. The highest BCUT2D eigenvalue weighted by atomic mass is 16.7. The Labute approximate surface area is 179 Å². The molecule has 30 heavy (non-hydrogen) atoms. The first-order valence-electron chi connectivity index (χ1n) is 11.1. The Hall–Kier alpha value is -1.85. The van der Waals surface area contributed by atoms with Crippen molar-refractivity contribution in [2.45, 2.75) is 79.9 Å². The Morgan fingerprint density at radius 3 is 2.40 bits per heavy atom. The first kappa shape index (κ1) is 22.8. The van der Waals surface area contributed by atoms with Gasteiger partial charge in [-0.1, -0.05) is 34.1 Å². The summed E-state index contributed by atoms with van der Waals surface area (Å²) in [5.41, 5.74) is 0.353. The summed E-state index contributed by atoms with van der Waals surface area (Å²) in [5.74, 6) is -0.908. The minimum atomic E-state index is -0.808. The molecule has 0 N–H and O–H groups in total. The van der Waals surface area contributed by atoms with Crippen molar-refractivity contribution >= 4 is 18.2 Å². The molecule has 0 saturated heterocycles. The molecule has 6 nitrogen and oxygen atoms in total. The number of ether oxygens (including phenoxy) is 3. The largest absolute Gasteiger partial charge is 0.462 e. The Morgan fingerprint density at radius 2 is 1.80 bits per heavy atom. The average Bonchev–Trinajstić information content (AvgIpc) is 3.01. The molecule has 1 heterocycles. The molecule has 3 aliphatic rings. The van der Waals surface area contributed by atoms with Gasteiger partial charge in [-0.05, 0) is 47.8 Å². The van der Waals surface area contributed by atoms with Crippen LogP contribution in [-0.2, 0) is 28.6 Å². The first-order chi connectivity index (χ1) is 14.0. The third-order valence-corrected chi connectivity index (χ3v) is 8.26. The quantitative estimate of drug-likeness (QED) is 0.484. The van der Waals surface area contributed by atoms with Crippen molar-refractivity contribution in [1.82, 2.24) is 0 Å². The van der Waals surface area contributed by atoms with Crippen molar-refractivity contribution in [2.24, 2.45) is 34.0 Å². The van der Waals surface area contributed by atoms with Crippen LogP contribution >= 0.6 is 0 Å². The third-order valence-electron chi connectivity index (χ3n) is 8.26. The van der Waals surface area contributed by atoms with Gasteiger partial charge in [0, 0.05) is 25.3 Å². The number of aldehydes is 1. The first-order valence-corrected chi connectivity index (χ1v) is 11.1. The lowest BCUT2D eigenvalue weighted by Crippen LogP contribution is -2.58. The molecule has 0 aromatic carbocycles. The van der Waals surface area contributed by atoms with Crippen LogP contribution in [0.1, 0.15) is 73.6 Å². The van der Waals surface area contributed by atoms with Gasteiger partial charge < -0.3 is 19.0 Å². The number of fused-ring (bicyclic) bond motifs is 1. The van der Waals surface area contributed by atoms with E-state index in [9.17, 15) is 14.4 Å². The molecule has 0 amide bonds. The summed E-state index contributed by atoms with van der Waals surface area (Å²) in [4.78, 5) is 35.8. The molecule has 6 unspecified atom stereocenters. The van der Waals surface area contributed by atoms with Gasteiger partial charge in [0.05, 0.1) is 12.2 Å². The van der Waals surface area contributed by atoms with Gasteiger partial charge >= 0.3 is 11.9 Å². The molecule has 0 bridgehead atoms. The lowest BCUT2D eigenvalue weighted by Gasteiger charge is -2.62. The summed E-state index contributed by atoms with van der Waals surface area (Å²) in [7, 11) is 0. The monoisotopic (exact) mass is 420 g/mol. The smallest absolute Gasteiger partial charge is 0.305 e. The van der Waals surface area contributed by atoms with Crippen molar-refractivity contribution < 1.29 is 28.6 Å². The number of hydrogen-bond donors (Lipinski definition) is 0. The van der Waals surface area contributed by atoms with Gasteiger partial charge in [0.1, 0.15) is 12.9 Å². The second-order valence-electron chi connectivity index (χ2n) is 10.6. The molecule has 0 aromatic rings. The van der Waals surface area contributed by atoms with E-state index in [2.05, 4.69) is 27.7 Å². The maximum absolute atomic E-state index is 12.7. The maximum Gasteiger partial charge on any atom is 0.305 e. The van der Waals surface area contributed by atoms with E-state index in [0.29, 0.717) is 5.92 Å². The van der Waals surface area contributed by atoms with E-state index >= 15 is 0 Å². The lowest BCUT2D eigenvalue weighted by atomic mass is 9.41. The second kappa shape index (κ2) is 8.01.